The topological polar surface area (TPSA) is 58.5 Å². The van der Waals surface area contributed by atoms with Crippen molar-refractivity contribution in [2.75, 3.05) is 38.5 Å². The summed E-state index contributed by atoms with van der Waals surface area (Å²) in [6.45, 7) is 13.9. The molecule has 1 saturated heterocycles. The highest BCUT2D eigenvalue weighted by Crippen LogP contribution is 2.11. The molecule has 0 amide bonds. The third-order valence-corrected chi connectivity index (χ3v) is 3.81. The van der Waals surface area contributed by atoms with E-state index in [1.165, 1.54) is 5.56 Å². The molecule has 118 valence electrons. The molecule has 0 atom stereocenters. The van der Waals surface area contributed by atoms with Crippen molar-refractivity contribution in [1.29, 1.82) is 0 Å². The van der Waals surface area contributed by atoms with Gasteiger partial charge >= 0.3 is 0 Å². The predicted octanol–water partition coefficient (Wildman–Crippen LogP) is 1.97. The van der Waals surface area contributed by atoms with Crippen LogP contribution in [0.4, 0.5) is 5.69 Å². The Balaban J connectivity index is 1.74. The fourth-order valence-electron chi connectivity index (χ4n) is 2.55. The maximum Gasteiger partial charge on any atom is 0.0314 e. The Kier molecular flexibility index (Phi) is 5.81. The molecule has 1 aromatic carbocycles. The Hall–Kier alpha value is -2.04. The molecule has 2 rings (SSSR count). The molecule has 0 radical (unpaired) electrons. The SMILES string of the molecule is C=C(N)/C=C\C(=C)CN1CCN(Cc2ccc(N)cc2)CC1. The van der Waals surface area contributed by atoms with E-state index in [0.29, 0.717) is 5.70 Å². The van der Waals surface area contributed by atoms with Crippen molar-refractivity contribution in [1.82, 2.24) is 9.80 Å². The second kappa shape index (κ2) is 7.82. The number of nitrogen functional groups attached to an aromatic ring is 1. The molecular weight excluding hydrogens is 272 g/mol. The molecule has 1 heterocycles. The quantitative estimate of drug-likeness (QED) is 0.623. The largest absolute Gasteiger partial charge is 0.399 e. The number of nitrogens with two attached hydrogens (primary N) is 2. The summed E-state index contributed by atoms with van der Waals surface area (Å²) in [6.07, 6.45) is 3.75. The first-order valence-electron chi connectivity index (χ1n) is 7.62. The van der Waals surface area contributed by atoms with Crippen molar-refractivity contribution in [3.63, 3.8) is 0 Å². The van der Waals surface area contributed by atoms with Crippen LogP contribution in [-0.2, 0) is 6.54 Å². The average molecular weight is 298 g/mol. The molecule has 4 heteroatoms. The van der Waals surface area contributed by atoms with Gasteiger partial charge in [0.15, 0.2) is 0 Å². The van der Waals surface area contributed by atoms with E-state index in [-0.39, 0.29) is 0 Å². The van der Waals surface area contributed by atoms with Gasteiger partial charge in [-0.1, -0.05) is 31.4 Å². The van der Waals surface area contributed by atoms with E-state index in [1.807, 2.05) is 18.2 Å². The van der Waals surface area contributed by atoms with Crippen LogP contribution in [0.1, 0.15) is 5.56 Å². The van der Waals surface area contributed by atoms with Gasteiger partial charge in [0.25, 0.3) is 0 Å². The van der Waals surface area contributed by atoms with Crippen LogP contribution in [0.5, 0.6) is 0 Å². The molecule has 1 aliphatic heterocycles. The van der Waals surface area contributed by atoms with Crippen molar-refractivity contribution in [2.24, 2.45) is 5.73 Å². The Morgan fingerprint density at radius 3 is 2.18 bits per heavy atom. The molecule has 1 aromatic rings. The molecule has 0 unspecified atom stereocenters. The zero-order chi connectivity index (χ0) is 15.9. The van der Waals surface area contributed by atoms with Gasteiger partial charge in [0.2, 0.25) is 0 Å². The highest BCUT2D eigenvalue weighted by atomic mass is 15.3. The first kappa shape index (κ1) is 16.3. The average Bonchev–Trinajstić information content (AvgIpc) is 2.49. The number of piperazine rings is 1. The van der Waals surface area contributed by atoms with E-state index in [4.69, 9.17) is 11.5 Å². The molecule has 1 aliphatic rings. The summed E-state index contributed by atoms with van der Waals surface area (Å²) in [4.78, 5) is 4.90. The minimum atomic E-state index is 0.564. The summed E-state index contributed by atoms with van der Waals surface area (Å²) in [6, 6.07) is 8.14. The fourth-order valence-corrected chi connectivity index (χ4v) is 2.55. The zero-order valence-electron chi connectivity index (χ0n) is 13.2. The summed E-state index contributed by atoms with van der Waals surface area (Å²) in [5, 5.41) is 0. The molecule has 0 aromatic heterocycles. The minimum Gasteiger partial charge on any atom is -0.399 e. The molecule has 22 heavy (non-hydrogen) atoms. The van der Waals surface area contributed by atoms with E-state index in [9.17, 15) is 0 Å². The summed E-state index contributed by atoms with van der Waals surface area (Å²) in [7, 11) is 0. The van der Waals surface area contributed by atoms with Gasteiger partial charge in [-0.2, -0.15) is 0 Å². The number of allylic oxidation sites excluding steroid dienone is 1. The van der Waals surface area contributed by atoms with E-state index in [2.05, 4.69) is 35.1 Å². The van der Waals surface area contributed by atoms with Crippen molar-refractivity contribution in [3.8, 4) is 0 Å². The van der Waals surface area contributed by atoms with E-state index < -0.39 is 0 Å². The van der Waals surface area contributed by atoms with Gasteiger partial charge in [0.05, 0.1) is 0 Å². The van der Waals surface area contributed by atoms with E-state index in [1.54, 1.807) is 6.08 Å². The molecular formula is C18H26N4. The molecule has 0 bridgehead atoms. The van der Waals surface area contributed by atoms with Crippen molar-refractivity contribution in [3.05, 3.63) is 66.4 Å². The maximum absolute atomic E-state index is 5.72. The normalized spacial score (nSPS) is 16.9. The van der Waals surface area contributed by atoms with Gasteiger partial charge in [-0.25, -0.2) is 0 Å². The van der Waals surface area contributed by atoms with Crippen LogP contribution in [-0.4, -0.2) is 42.5 Å². The van der Waals surface area contributed by atoms with Crippen molar-refractivity contribution >= 4 is 5.69 Å². The first-order chi connectivity index (χ1) is 10.5. The van der Waals surface area contributed by atoms with Crippen LogP contribution in [0.2, 0.25) is 0 Å². The van der Waals surface area contributed by atoms with E-state index >= 15 is 0 Å². The Labute approximate surface area is 133 Å². The standard InChI is InChI=1S/C18H26N4/c1-15(3-4-16(2)19)13-21-9-11-22(12-10-21)14-17-5-7-18(20)8-6-17/h3-8H,1-2,9-14,19-20H2/b4-3-. The lowest BCUT2D eigenvalue weighted by Gasteiger charge is -2.34. The summed E-state index contributed by atoms with van der Waals surface area (Å²) < 4.78 is 0. The lowest BCUT2D eigenvalue weighted by molar-refractivity contribution is 0.135. The third-order valence-electron chi connectivity index (χ3n) is 3.81. The van der Waals surface area contributed by atoms with Gasteiger partial charge in [0.1, 0.15) is 0 Å². The van der Waals surface area contributed by atoms with Crippen LogP contribution in [0.25, 0.3) is 0 Å². The Morgan fingerprint density at radius 2 is 1.59 bits per heavy atom. The van der Waals surface area contributed by atoms with Crippen LogP contribution in [0.3, 0.4) is 0 Å². The Bertz CT molecular complexity index is 537. The van der Waals surface area contributed by atoms with Crippen LogP contribution >= 0.6 is 0 Å². The molecule has 0 saturated carbocycles. The minimum absolute atomic E-state index is 0.564. The molecule has 0 spiro atoms. The Morgan fingerprint density at radius 1 is 1.00 bits per heavy atom. The summed E-state index contributed by atoms with van der Waals surface area (Å²) >= 11 is 0. The second-order valence-corrected chi connectivity index (χ2v) is 5.86. The number of rotatable bonds is 6. The predicted molar refractivity (Wildman–Crippen MR) is 94.2 cm³/mol. The highest BCUT2D eigenvalue weighted by Gasteiger charge is 2.16. The second-order valence-electron chi connectivity index (χ2n) is 5.86. The van der Waals surface area contributed by atoms with Gasteiger partial charge in [-0.15, -0.1) is 0 Å². The van der Waals surface area contributed by atoms with Gasteiger partial charge in [-0.05, 0) is 29.3 Å². The molecule has 0 aliphatic carbocycles. The van der Waals surface area contributed by atoms with Crippen LogP contribution in [0.15, 0.2) is 60.8 Å². The molecule has 4 N–H and O–H groups in total. The monoisotopic (exact) mass is 298 g/mol. The van der Waals surface area contributed by atoms with Crippen molar-refractivity contribution in [2.45, 2.75) is 6.54 Å². The number of hydrogen-bond donors (Lipinski definition) is 2. The summed E-state index contributed by atoms with van der Waals surface area (Å²) in [5.74, 6) is 0. The first-order valence-corrected chi connectivity index (χ1v) is 7.62. The number of hydrogen-bond acceptors (Lipinski definition) is 4. The third kappa shape index (κ3) is 5.39. The zero-order valence-corrected chi connectivity index (χ0v) is 13.2. The van der Waals surface area contributed by atoms with Gasteiger partial charge in [0, 0.05) is 50.7 Å². The lowest BCUT2D eigenvalue weighted by Crippen LogP contribution is -2.46. The molecule has 4 nitrogen and oxygen atoms in total. The van der Waals surface area contributed by atoms with E-state index in [0.717, 1.165) is 50.5 Å². The molecule has 1 fully saturated rings. The van der Waals surface area contributed by atoms with Gasteiger partial charge < -0.3 is 11.5 Å². The number of benzene rings is 1. The summed E-state index contributed by atoms with van der Waals surface area (Å²) in [5.41, 5.74) is 15.0. The number of anilines is 1. The smallest absolute Gasteiger partial charge is 0.0314 e. The van der Waals surface area contributed by atoms with Gasteiger partial charge in [-0.3, -0.25) is 9.80 Å². The maximum atomic E-state index is 5.72. The highest BCUT2D eigenvalue weighted by molar-refractivity contribution is 5.39. The lowest BCUT2D eigenvalue weighted by atomic mass is 10.1. The van der Waals surface area contributed by atoms with Crippen LogP contribution in [0, 0.1) is 0 Å². The fraction of sp³-hybridized carbons (Fsp3) is 0.333. The number of nitrogens with zero attached hydrogens (tertiary/aromatic N) is 2. The van der Waals surface area contributed by atoms with Crippen molar-refractivity contribution < 1.29 is 0 Å². The van der Waals surface area contributed by atoms with Crippen LogP contribution < -0.4 is 11.5 Å².